The number of nitrogens with zero attached hydrogens (tertiary/aromatic N) is 1. The number of carbonyl (C=O) groups excluding carboxylic acids is 1. The zero-order chi connectivity index (χ0) is 14.9. The fourth-order valence-electron chi connectivity index (χ4n) is 2.23. The molecule has 0 unspecified atom stereocenters. The number of hydrogen-bond acceptors (Lipinski definition) is 2. The van der Waals surface area contributed by atoms with Gasteiger partial charge in [0, 0.05) is 19.8 Å². The molecule has 2 aromatic rings. The van der Waals surface area contributed by atoms with Crippen LogP contribution in [-0.2, 0) is 13.6 Å². The summed E-state index contributed by atoms with van der Waals surface area (Å²) in [5, 5.41) is 2.81. The Bertz CT molecular complexity index is 638. The van der Waals surface area contributed by atoms with Crippen molar-refractivity contribution in [3.63, 3.8) is 0 Å². The first-order valence-corrected chi connectivity index (χ1v) is 6.34. The molecule has 5 heteroatoms. The maximum absolute atomic E-state index is 13.5. The van der Waals surface area contributed by atoms with Gasteiger partial charge in [-0.15, -0.1) is 0 Å². The second-order valence-corrected chi connectivity index (χ2v) is 5.00. The second kappa shape index (κ2) is 5.36. The minimum absolute atomic E-state index is 0.199. The lowest BCUT2D eigenvalue weighted by Crippen LogP contribution is -2.24. The van der Waals surface area contributed by atoms with E-state index in [1.54, 1.807) is 49.9 Å². The molecule has 1 aromatic heterocycles. The number of rotatable bonds is 3. The van der Waals surface area contributed by atoms with E-state index in [1.165, 1.54) is 0 Å². The molecule has 4 nitrogen and oxygen atoms in total. The fourth-order valence-corrected chi connectivity index (χ4v) is 2.23. The Balaban J connectivity index is 2.09. The van der Waals surface area contributed by atoms with Crippen molar-refractivity contribution in [3.05, 3.63) is 52.6 Å². The van der Waals surface area contributed by atoms with Gasteiger partial charge in [0.25, 0.3) is 5.91 Å². The summed E-state index contributed by atoms with van der Waals surface area (Å²) >= 11 is 0. The van der Waals surface area contributed by atoms with Gasteiger partial charge in [-0.05, 0) is 36.6 Å². The first kappa shape index (κ1) is 14.1. The number of nitrogens with two attached hydrogens (primary N) is 1. The van der Waals surface area contributed by atoms with Crippen LogP contribution in [0.5, 0.6) is 0 Å². The second-order valence-electron chi connectivity index (χ2n) is 5.00. The van der Waals surface area contributed by atoms with Gasteiger partial charge in [-0.1, -0.05) is 12.1 Å². The molecule has 3 N–H and O–H groups in total. The van der Waals surface area contributed by atoms with Crippen molar-refractivity contribution in [2.24, 2.45) is 7.05 Å². The molecule has 2 rings (SSSR count). The average Bonchev–Trinajstić information content (AvgIpc) is 2.72. The third-order valence-corrected chi connectivity index (χ3v) is 3.21. The summed E-state index contributed by atoms with van der Waals surface area (Å²) in [7, 11) is 1.76. The number of hydrogen-bond donors (Lipinski definition) is 2. The summed E-state index contributed by atoms with van der Waals surface area (Å²) in [5.41, 5.74) is 8.72. The molecule has 0 aliphatic rings. The van der Waals surface area contributed by atoms with Crippen LogP contribution >= 0.6 is 0 Å². The molecule has 0 atom stereocenters. The molecule has 0 aliphatic carbocycles. The van der Waals surface area contributed by atoms with Crippen molar-refractivity contribution in [1.29, 1.82) is 0 Å². The topological polar surface area (TPSA) is 60.1 Å². The Labute approximate surface area is 117 Å². The van der Waals surface area contributed by atoms with E-state index in [4.69, 9.17) is 5.73 Å². The maximum Gasteiger partial charge on any atom is 0.268 e. The van der Waals surface area contributed by atoms with Gasteiger partial charge in [0.05, 0.1) is 5.69 Å². The molecule has 0 spiro atoms. The molecule has 1 heterocycles. The lowest BCUT2D eigenvalue weighted by Gasteiger charge is -2.09. The molecule has 1 aromatic carbocycles. The highest BCUT2D eigenvalue weighted by atomic mass is 19.1. The third kappa shape index (κ3) is 2.82. The zero-order valence-electron chi connectivity index (χ0n) is 11.8. The first-order valence-electron chi connectivity index (χ1n) is 6.34. The molecular weight excluding hydrogens is 257 g/mol. The van der Waals surface area contributed by atoms with Crippen molar-refractivity contribution in [2.75, 3.05) is 5.73 Å². The quantitative estimate of drug-likeness (QED) is 0.903. The number of halogens is 1. The van der Waals surface area contributed by atoms with Gasteiger partial charge in [-0.3, -0.25) is 4.79 Å². The average molecular weight is 275 g/mol. The van der Waals surface area contributed by atoms with Gasteiger partial charge in [0.1, 0.15) is 11.5 Å². The van der Waals surface area contributed by atoms with Crippen LogP contribution in [0.3, 0.4) is 0 Å². The van der Waals surface area contributed by atoms with E-state index < -0.39 is 0 Å². The summed E-state index contributed by atoms with van der Waals surface area (Å²) in [4.78, 5) is 12.0. The van der Waals surface area contributed by atoms with Crippen molar-refractivity contribution in [1.82, 2.24) is 9.88 Å². The summed E-state index contributed by atoms with van der Waals surface area (Å²) in [6.07, 6.45) is 1.68. The van der Waals surface area contributed by atoms with E-state index in [-0.39, 0.29) is 11.7 Å². The Kier molecular flexibility index (Phi) is 3.79. The molecule has 0 radical (unpaired) electrons. The number of nitrogens with one attached hydrogen (secondary N) is 1. The first-order chi connectivity index (χ1) is 9.38. The van der Waals surface area contributed by atoms with Gasteiger partial charge in [0.15, 0.2) is 0 Å². The highest BCUT2D eigenvalue weighted by Gasteiger charge is 2.11. The number of benzene rings is 1. The van der Waals surface area contributed by atoms with E-state index in [0.717, 1.165) is 5.56 Å². The molecule has 0 bridgehead atoms. The minimum Gasteiger partial charge on any atom is -0.397 e. The molecule has 20 heavy (non-hydrogen) atoms. The van der Waals surface area contributed by atoms with Gasteiger partial charge >= 0.3 is 0 Å². The van der Waals surface area contributed by atoms with Crippen molar-refractivity contribution in [2.45, 2.75) is 20.4 Å². The van der Waals surface area contributed by atoms with Crippen LogP contribution in [0.25, 0.3) is 0 Å². The normalized spacial score (nSPS) is 10.6. The Morgan fingerprint density at radius 2 is 1.90 bits per heavy atom. The van der Waals surface area contributed by atoms with E-state index in [1.807, 2.05) is 0 Å². The highest BCUT2D eigenvalue weighted by Crippen LogP contribution is 2.15. The Morgan fingerprint density at radius 3 is 2.40 bits per heavy atom. The number of carbonyl (C=O) groups is 1. The van der Waals surface area contributed by atoms with Crippen LogP contribution < -0.4 is 11.1 Å². The number of amides is 1. The van der Waals surface area contributed by atoms with Crippen LogP contribution in [0.2, 0.25) is 0 Å². The lowest BCUT2D eigenvalue weighted by molar-refractivity contribution is 0.0943. The molecular formula is C15H18FN3O. The van der Waals surface area contributed by atoms with Gasteiger partial charge in [0.2, 0.25) is 0 Å². The summed E-state index contributed by atoms with van der Waals surface area (Å²) in [6, 6.07) is 5.10. The fraction of sp³-hybridized carbons (Fsp3) is 0.267. The predicted octanol–water partition coefficient (Wildman–Crippen LogP) is 2.29. The molecule has 0 saturated carbocycles. The van der Waals surface area contributed by atoms with Gasteiger partial charge in [-0.2, -0.15) is 0 Å². The van der Waals surface area contributed by atoms with E-state index >= 15 is 0 Å². The number of nitrogen functional groups attached to an aromatic ring is 1. The van der Waals surface area contributed by atoms with Crippen LogP contribution in [0.4, 0.5) is 10.1 Å². The van der Waals surface area contributed by atoms with Crippen LogP contribution in [0.15, 0.2) is 24.4 Å². The van der Waals surface area contributed by atoms with Crippen LogP contribution in [0.1, 0.15) is 27.2 Å². The highest BCUT2D eigenvalue weighted by molar-refractivity contribution is 5.93. The molecule has 0 saturated heterocycles. The van der Waals surface area contributed by atoms with Crippen molar-refractivity contribution >= 4 is 11.6 Å². The van der Waals surface area contributed by atoms with Crippen molar-refractivity contribution < 1.29 is 9.18 Å². The lowest BCUT2D eigenvalue weighted by atomic mass is 10.1. The monoisotopic (exact) mass is 275 g/mol. The molecule has 0 fully saturated rings. The van der Waals surface area contributed by atoms with Crippen LogP contribution in [-0.4, -0.2) is 10.5 Å². The number of anilines is 1. The number of aryl methyl sites for hydroxylation is 3. The summed E-state index contributed by atoms with van der Waals surface area (Å²) in [5.74, 6) is -0.404. The summed E-state index contributed by atoms with van der Waals surface area (Å²) in [6.45, 7) is 3.78. The Morgan fingerprint density at radius 1 is 1.30 bits per heavy atom. The molecule has 0 aliphatic heterocycles. The smallest absolute Gasteiger partial charge is 0.268 e. The minimum atomic E-state index is -0.205. The SMILES string of the molecule is Cc1cc(CNC(=O)c2cc(N)cn2C)cc(C)c1F. The summed E-state index contributed by atoms with van der Waals surface area (Å²) < 4.78 is 15.2. The van der Waals surface area contributed by atoms with Gasteiger partial charge < -0.3 is 15.6 Å². The van der Waals surface area contributed by atoms with Crippen molar-refractivity contribution in [3.8, 4) is 0 Å². The molecule has 106 valence electrons. The van der Waals surface area contributed by atoms with E-state index in [0.29, 0.717) is 29.1 Å². The predicted molar refractivity (Wildman–Crippen MR) is 76.9 cm³/mol. The molecule has 1 amide bonds. The van der Waals surface area contributed by atoms with Gasteiger partial charge in [-0.25, -0.2) is 4.39 Å². The number of aromatic nitrogens is 1. The standard InChI is InChI=1S/C15H18FN3O/c1-9-4-11(5-10(2)14(9)16)7-18-15(20)13-6-12(17)8-19(13)3/h4-6,8H,7,17H2,1-3H3,(H,18,20). The maximum atomic E-state index is 13.5. The third-order valence-electron chi connectivity index (χ3n) is 3.21. The van der Waals surface area contributed by atoms with Crippen LogP contribution in [0, 0.1) is 19.7 Å². The van der Waals surface area contributed by atoms with E-state index in [2.05, 4.69) is 5.32 Å². The Hall–Kier alpha value is -2.30. The van der Waals surface area contributed by atoms with E-state index in [9.17, 15) is 9.18 Å². The zero-order valence-corrected chi connectivity index (χ0v) is 11.8. The largest absolute Gasteiger partial charge is 0.397 e.